The van der Waals surface area contributed by atoms with Crippen molar-refractivity contribution in [2.45, 2.75) is 52.1 Å². The fourth-order valence-corrected chi connectivity index (χ4v) is 5.91. The molecule has 8 nitrogen and oxygen atoms in total. The molecule has 0 saturated carbocycles. The summed E-state index contributed by atoms with van der Waals surface area (Å²) in [5, 5.41) is 4.07. The topological polar surface area (TPSA) is 84.5 Å². The predicted octanol–water partition coefficient (Wildman–Crippen LogP) is 5.25. The third-order valence-corrected chi connectivity index (χ3v) is 7.70. The minimum atomic E-state index is -1.01. The van der Waals surface area contributed by atoms with Gasteiger partial charge in [-0.05, 0) is 56.5 Å². The van der Waals surface area contributed by atoms with Gasteiger partial charge in [0.2, 0.25) is 11.8 Å². The third-order valence-electron chi connectivity index (χ3n) is 7.70. The number of rotatable bonds is 4. The number of amides is 2. The lowest BCUT2D eigenvalue weighted by Crippen LogP contribution is -2.31. The molecule has 0 spiro atoms. The first-order valence-electron chi connectivity index (χ1n) is 12.7. The van der Waals surface area contributed by atoms with Crippen LogP contribution in [-0.4, -0.2) is 44.5 Å². The first kappa shape index (κ1) is 24.3. The molecule has 0 aliphatic carbocycles. The van der Waals surface area contributed by atoms with E-state index in [9.17, 15) is 18.4 Å². The Labute approximate surface area is 217 Å². The first-order valence-corrected chi connectivity index (χ1v) is 12.7. The minimum Gasteiger partial charge on any atom is -0.361 e. The molecular weight excluding hydrogens is 492 g/mol. The summed E-state index contributed by atoms with van der Waals surface area (Å²) in [7, 11) is 0. The number of anilines is 1. The zero-order chi connectivity index (χ0) is 26.7. The van der Waals surface area contributed by atoms with Crippen molar-refractivity contribution in [3.8, 4) is 11.1 Å². The van der Waals surface area contributed by atoms with E-state index in [1.54, 1.807) is 6.92 Å². The maximum atomic E-state index is 14.2. The smallest absolute Gasteiger partial charge is 0.227 e. The van der Waals surface area contributed by atoms with Crippen molar-refractivity contribution in [1.82, 2.24) is 19.6 Å². The van der Waals surface area contributed by atoms with Crippen molar-refractivity contribution in [2.24, 2.45) is 0 Å². The Morgan fingerprint density at radius 2 is 1.89 bits per heavy atom. The van der Waals surface area contributed by atoms with E-state index < -0.39 is 17.7 Å². The molecule has 0 bridgehead atoms. The van der Waals surface area contributed by atoms with Crippen LogP contribution >= 0.6 is 0 Å². The van der Waals surface area contributed by atoms with Crippen molar-refractivity contribution in [1.29, 1.82) is 0 Å². The Morgan fingerprint density at radius 1 is 1.08 bits per heavy atom. The van der Waals surface area contributed by atoms with Crippen molar-refractivity contribution in [3.05, 3.63) is 65.3 Å². The summed E-state index contributed by atoms with van der Waals surface area (Å²) in [4.78, 5) is 33.5. The van der Waals surface area contributed by atoms with Gasteiger partial charge in [0, 0.05) is 43.8 Å². The summed E-state index contributed by atoms with van der Waals surface area (Å²) in [6, 6.07) is 9.00. The van der Waals surface area contributed by atoms with Gasteiger partial charge in [-0.15, -0.1) is 0 Å². The van der Waals surface area contributed by atoms with Gasteiger partial charge < -0.3 is 18.9 Å². The number of benzene rings is 2. The highest BCUT2D eigenvalue weighted by molar-refractivity contribution is 5.96. The van der Waals surface area contributed by atoms with Crippen LogP contribution in [0.25, 0.3) is 22.2 Å². The van der Waals surface area contributed by atoms with Gasteiger partial charge in [0.05, 0.1) is 28.8 Å². The van der Waals surface area contributed by atoms with Crippen LogP contribution in [0.4, 0.5) is 14.5 Å². The van der Waals surface area contributed by atoms with Crippen LogP contribution in [0.5, 0.6) is 0 Å². The number of aryl methyl sites for hydroxylation is 2. The summed E-state index contributed by atoms with van der Waals surface area (Å²) in [5.74, 6) is -0.758. The minimum absolute atomic E-state index is 0.0126. The van der Waals surface area contributed by atoms with E-state index in [1.807, 2.05) is 36.9 Å². The Balaban J connectivity index is 1.51. The molecule has 2 aliphatic rings. The largest absolute Gasteiger partial charge is 0.361 e. The van der Waals surface area contributed by atoms with Gasteiger partial charge in [-0.1, -0.05) is 11.2 Å². The van der Waals surface area contributed by atoms with Crippen LogP contribution in [-0.2, 0) is 9.59 Å². The standard InChI is InChI=1S/C28H27F2N5O3/c1-15-27(16(2)38-32-15)18-4-7-24-23(12-18)31-28(35(24)20-10-11-33(14-20)17(3)36)25-8-9-26(37)34(25)19-5-6-21(29)22(30)13-19/h4-7,12-13,20,25H,8-11,14H2,1-3H3/t20-,25+/m1/s1. The van der Waals surface area contributed by atoms with E-state index in [-0.39, 0.29) is 24.3 Å². The molecule has 0 radical (unpaired) electrons. The number of carbonyl (C=O) groups excluding carboxylic acids is 2. The van der Waals surface area contributed by atoms with E-state index in [2.05, 4.69) is 9.72 Å². The van der Waals surface area contributed by atoms with Gasteiger partial charge in [-0.3, -0.25) is 9.59 Å². The van der Waals surface area contributed by atoms with Gasteiger partial charge >= 0.3 is 0 Å². The van der Waals surface area contributed by atoms with Crippen LogP contribution in [0.1, 0.15) is 55.5 Å². The summed E-state index contributed by atoms with van der Waals surface area (Å²) >= 11 is 0. The molecule has 2 aromatic heterocycles. The fraction of sp³-hybridized carbons (Fsp3) is 0.357. The summed E-state index contributed by atoms with van der Waals surface area (Å²) in [5.41, 5.74) is 4.52. The molecule has 38 heavy (non-hydrogen) atoms. The number of aromatic nitrogens is 3. The molecule has 4 aromatic rings. The molecule has 2 atom stereocenters. The van der Waals surface area contributed by atoms with E-state index in [0.717, 1.165) is 46.4 Å². The predicted molar refractivity (Wildman–Crippen MR) is 136 cm³/mol. The second-order valence-electron chi connectivity index (χ2n) is 10.1. The van der Waals surface area contributed by atoms with Crippen LogP contribution in [0.15, 0.2) is 40.9 Å². The van der Waals surface area contributed by atoms with E-state index in [1.165, 1.54) is 11.0 Å². The average Bonchev–Trinajstić information content (AvgIpc) is 3.65. The van der Waals surface area contributed by atoms with E-state index >= 15 is 0 Å². The van der Waals surface area contributed by atoms with E-state index in [0.29, 0.717) is 36.8 Å². The van der Waals surface area contributed by atoms with Gasteiger partial charge in [-0.2, -0.15) is 0 Å². The van der Waals surface area contributed by atoms with Crippen LogP contribution < -0.4 is 4.90 Å². The molecule has 0 unspecified atom stereocenters. The highest BCUT2D eigenvalue weighted by Gasteiger charge is 2.39. The fourth-order valence-electron chi connectivity index (χ4n) is 5.91. The number of likely N-dealkylation sites (tertiary alicyclic amines) is 1. The number of halogens is 2. The van der Waals surface area contributed by atoms with Crippen molar-refractivity contribution >= 4 is 28.5 Å². The zero-order valence-corrected chi connectivity index (χ0v) is 21.4. The number of fused-ring (bicyclic) bond motifs is 1. The molecule has 2 aliphatic heterocycles. The number of nitrogens with zero attached hydrogens (tertiary/aromatic N) is 5. The lowest BCUT2D eigenvalue weighted by Gasteiger charge is -2.27. The van der Waals surface area contributed by atoms with Crippen molar-refractivity contribution < 1.29 is 22.9 Å². The Morgan fingerprint density at radius 3 is 2.58 bits per heavy atom. The van der Waals surface area contributed by atoms with Crippen LogP contribution in [0, 0.1) is 25.5 Å². The number of hydrogen-bond acceptors (Lipinski definition) is 5. The molecule has 10 heteroatoms. The second kappa shape index (κ2) is 9.04. The molecule has 2 saturated heterocycles. The summed E-state index contributed by atoms with van der Waals surface area (Å²) in [6.45, 7) is 6.48. The lowest BCUT2D eigenvalue weighted by molar-refractivity contribution is -0.127. The third kappa shape index (κ3) is 3.86. The van der Waals surface area contributed by atoms with Crippen molar-refractivity contribution in [3.63, 3.8) is 0 Å². The summed E-state index contributed by atoms with van der Waals surface area (Å²) < 4.78 is 35.3. The molecule has 196 valence electrons. The molecular formula is C28H27F2N5O3. The molecule has 2 fully saturated rings. The zero-order valence-electron chi connectivity index (χ0n) is 21.4. The highest BCUT2D eigenvalue weighted by atomic mass is 19.2. The highest BCUT2D eigenvalue weighted by Crippen LogP contribution is 2.41. The van der Waals surface area contributed by atoms with Crippen molar-refractivity contribution in [2.75, 3.05) is 18.0 Å². The second-order valence-corrected chi connectivity index (χ2v) is 10.1. The Kier molecular flexibility index (Phi) is 5.77. The summed E-state index contributed by atoms with van der Waals surface area (Å²) in [6.07, 6.45) is 1.50. The normalized spacial score (nSPS) is 19.8. The Bertz CT molecular complexity index is 1570. The molecule has 2 amide bonds. The molecule has 4 heterocycles. The number of imidazole rings is 1. The molecule has 2 aromatic carbocycles. The molecule has 0 N–H and O–H groups in total. The Hall–Kier alpha value is -4.08. The first-order chi connectivity index (χ1) is 18.2. The van der Waals surface area contributed by atoms with E-state index in [4.69, 9.17) is 9.51 Å². The number of hydrogen-bond donors (Lipinski definition) is 0. The monoisotopic (exact) mass is 519 g/mol. The van der Waals surface area contributed by atoms with Gasteiger partial charge in [0.25, 0.3) is 0 Å². The quantitative estimate of drug-likeness (QED) is 0.368. The van der Waals surface area contributed by atoms with Gasteiger partial charge in [0.15, 0.2) is 11.6 Å². The maximum Gasteiger partial charge on any atom is 0.227 e. The SMILES string of the molecule is CC(=O)N1CC[C@@H](n2c([C@@H]3CCC(=O)N3c3ccc(F)c(F)c3)nc3cc(-c4c(C)noc4C)ccc32)C1. The van der Waals surface area contributed by atoms with Crippen LogP contribution in [0.3, 0.4) is 0 Å². The van der Waals surface area contributed by atoms with Gasteiger partial charge in [0.1, 0.15) is 11.6 Å². The average molecular weight is 520 g/mol. The lowest BCUT2D eigenvalue weighted by atomic mass is 10.0. The van der Waals surface area contributed by atoms with Gasteiger partial charge in [-0.25, -0.2) is 13.8 Å². The number of carbonyl (C=O) groups is 2. The van der Waals surface area contributed by atoms with Crippen LogP contribution in [0.2, 0.25) is 0 Å². The maximum absolute atomic E-state index is 14.2. The molecule has 6 rings (SSSR count).